The minimum atomic E-state index is -0.715. The molecule has 226 valence electrons. The molecule has 1 aromatic heterocycles. The number of anilines is 1. The Kier molecular flexibility index (Phi) is 8.69. The number of hydrogen-bond acceptors (Lipinski definition) is 9. The summed E-state index contributed by atoms with van der Waals surface area (Å²) in [6.07, 6.45) is 6.22. The zero-order valence-corrected chi connectivity index (χ0v) is 24.7. The third kappa shape index (κ3) is 5.72. The van der Waals surface area contributed by atoms with Gasteiger partial charge in [-0.2, -0.15) is 0 Å². The van der Waals surface area contributed by atoms with Crippen molar-refractivity contribution in [1.82, 2.24) is 19.8 Å². The van der Waals surface area contributed by atoms with Crippen molar-refractivity contribution in [1.29, 1.82) is 0 Å². The number of rotatable bonds is 4. The lowest BCUT2D eigenvalue weighted by molar-refractivity contribution is -0.134. The number of aromatic nitrogens is 2. The fourth-order valence-electron chi connectivity index (χ4n) is 7.26. The number of Topliss-reactive ketones (excluding diaryl/α,β-unsaturated/α-hetero) is 2. The van der Waals surface area contributed by atoms with Crippen LogP contribution in [0.2, 0.25) is 0 Å². The Hall–Kier alpha value is -2.63. The third-order valence-electron chi connectivity index (χ3n) is 10.1. The minimum Gasteiger partial charge on any atom is -0.401 e. The molecule has 2 spiro atoms. The quantitative estimate of drug-likeness (QED) is 0.524. The predicted octanol–water partition coefficient (Wildman–Crippen LogP) is 2.44. The normalized spacial score (nSPS) is 30.3. The molecule has 3 aliphatic heterocycles. The van der Waals surface area contributed by atoms with Crippen molar-refractivity contribution in [3.05, 3.63) is 33.5 Å². The van der Waals surface area contributed by atoms with Gasteiger partial charge in [0.25, 0.3) is 5.56 Å². The summed E-state index contributed by atoms with van der Waals surface area (Å²) in [5, 5.41) is 0. The van der Waals surface area contributed by atoms with E-state index in [1.165, 1.54) is 6.07 Å². The maximum absolute atomic E-state index is 13.4. The van der Waals surface area contributed by atoms with Gasteiger partial charge in [-0.05, 0) is 59.0 Å². The number of alkyl halides is 1. The van der Waals surface area contributed by atoms with Gasteiger partial charge in [0, 0.05) is 56.0 Å². The SMILES string of the molecule is CCC1C[C@@H](F)CN1C.CN1CCN(c2cc(=O)[nH]c(C(=O)C3=C(N)[C@]4(CCCCC4=O)CCC3)n2)CC12COC2. The van der Waals surface area contributed by atoms with Crippen molar-refractivity contribution in [3.8, 4) is 0 Å². The summed E-state index contributed by atoms with van der Waals surface area (Å²) in [7, 11) is 4.08. The maximum Gasteiger partial charge on any atom is 0.253 e. The molecule has 2 aliphatic carbocycles. The summed E-state index contributed by atoms with van der Waals surface area (Å²) in [5.74, 6) is 0.278. The number of H-pyrrole nitrogens is 1. The van der Waals surface area contributed by atoms with Gasteiger partial charge in [-0.3, -0.25) is 19.3 Å². The van der Waals surface area contributed by atoms with Crippen LogP contribution in [-0.4, -0.2) is 103 Å². The number of likely N-dealkylation sites (tertiary alicyclic amines) is 1. The molecular weight excluding hydrogens is 527 g/mol. The van der Waals surface area contributed by atoms with Gasteiger partial charge in [0.2, 0.25) is 5.78 Å². The van der Waals surface area contributed by atoms with E-state index in [1.807, 2.05) is 7.05 Å². The number of carbonyl (C=O) groups excluding carboxylic acids is 2. The number of piperazine rings is 1. The Morgan fingerprint density at radius 3 is 2.54 bits per heavy atom. The molecule has 4 fully saturated rings. The first-order chi connectivity index (χ1) is 19.6. The maximum atomic E-state index is 13.4. The molecule has 0 amide bonds. The van der Waals surface area contributed by atoms with Crippen LogP contribution in [0.1, 0.15) is 75.3 Å². The molecule has 0 aromatic carbocycles. The van der Waals surface area contributed by atoms with Gasteiger partial charge in [0.05, 0.1) is 24.2 Å². The molecule has 5 aliphatic rings. The van der Waals surface area contributed by atoms with Crippen LogP contribution < -0.4 is 16.2 Å². The van der Waals surface area contributed by atoms with Gasteiger partial charge in [-0.15, -0.1) is 0 Å². The monoisotopic (exact) mass is 572 g/mol. The molecule has 0 bridgehead atoms. The second-order valence-electron chi connectivity index (χ2n) is 12.6. The average Bonchev–Trinajstić information content (AvgIpc) is 3.27. The standard InChI is InChI=1S/C23H31N5O4.C7H14FN/c1-27-9-10-28(12-22(27)13-32-14-22)17-11-18(30)26-21(25-17)19(31)15-5-4-8-23(20(15)24)7-3-2-6-16(23)29;1-3-7-4-6(8)5-9(7)2/h11H,2-10,12-14,24H2,1H3,(H,25,26,30);6-7H,3-5H2,1-2H3/t23-;6-,7?/m11/s1. The van der Waals surface area contributed by atoms with Crippen LogP contribution >= 0.6 is 0 Å². The largest absolute Gasteiger partial charge is 0.401 e. The minimum absolute atomic E-state index is 0.00333. The zero-order valence-electron chi connectivity index (χ0n) is 24.7. The van der Waals surface area contributed by atoms with E-state index in [2.05, 4.69) is 38.6 Å². The van der Waals surface area contributed by atoms with Crippen LogP contribution in [0.4, 0.5) is 10.2 Å². The summed E-state index contributed by atoms with van der Waals surface area (Å²) in [6, 6.07) is 1.94. The number of ether oxygens (including phenoxy) is 1. The van der Waals surface area contributed by atoms with Crippen LogP contribution in [0, 0.1) is 5.41 Å². The second-order valence-corrected chi connectivity index (χ2v) is 12.6. The fourth-order valence-corrected chi connectivity index (χ4v) is 7.26. The highest BCUT2D eigenvalue weighted by atomic mass is 19.1. The number of aromatic amines is 1. The molecule has 0 radical (unpaired) electrons. The molecule has 6 rings (SSSR count). The molecular formula is C30H45FN6O4. The number of hydrogen-bond donors (Lipinski definition) is 2. The Bertz CT molecular complexity index is 1250. The van der Waals surface area contributed by atoms with Crippen molar-refractivity contribution in [2.75, 3.05) is 58.4 Å². The Labute approximate surface area is 241 Å². The summed E-state index contributed by atoms with van der Waals surface area (Å²) >= 11 is 0. The number of nitrogens with two attached hydrogens (primary N) is 1. The summed E-state index contributed by atoms with van der Waals surface area (Å²) in [4.78, 5) is 52.3. The molecule has 3 N–H and O–H groups in total. The summed E-state index contributed by atoms with van der Waals surface area (Å²) < 4.78 is 18.0. The van der Waals surface area contributed by atoms with Gasteiger partial charge in [-0.25, -0.2) is 9.37 Å². The highest BCUT2D eigenvalue weighted by Gasteiger charge is 2.47. The van der Waals surface area contributed by atoms with E-state index in [0.717, 1.165) is 38.6 Å². The first-order valence-electron chi connectivity index (χ1n) is 15.2. The molecule has 1 unspecified atom stereocenters. The Morgan fingerprint density at radius 2 is 1.93 bits per heavy atom. The molecule has 10 nitrogen and oxygen atoms in total. The fraction of sp³-hybridized carbons (Fsp3) is 0.733. The zero-order chi connectivity index (χ0) is 29.4. The highest BCUT2D eigenvalue weighted by molar-refractivity contribution is 6.08. The van der Waals surface area contributed by atoms with E-state index >= 15 is 0 Å². The van der Waals surface area contributed by atoms with Crippen molar-refractivity contribution >= 4 is 17.4 Å². The predicted molar refractivity (Wildman–Crippen MR) is 155 cm³/mol. The lowest BCUT2D eigenvalue weighted by Gasteiger charge is -2.54. The van der Waals surface area contributed by atoms with E-state index in [9.17, 15) is 18.8 Å². The third-order valence-corrected chi connectivity index (χ3v) is 10.1. The van der Waals surface area contributed by atoms with Crippen LogP contribution in [0.25, 0.3) is 0 Å². The Morgan fingerprint density at radius 1 is 1.17 bits per heavy atom. The molecule has 4 heterocycles. The van der Waals surface area contributed by atoms with Crippen LogP contribution in [0.5, 0.6) is 0 Å². The van der Waals surface area contributed by atoms with Crippen LogP contribution in [0.15, 0.2) is 22.1 Å². The Balaban J connectivity index is 0.000000321. The van der Waals surface area contributed by atoms with E-state index in [0.29, 0.717) is 81.7 Å². The first kappa shape index (κ1) is 29.8. The van der Waals surface area contributed by atoms with Gasteiger partial charge >= 0.3 is 0 Å². The van der Waals surface area contributed by atoms with Crippen molar-refractivity contribution in [3.63, 3.8) is 0 Å². The molecule has 41 heavy (non-hydrogen) atoms. The summed E-state index contributed by atoms with van der Waals surface area (Å²) in [6.45, 7) is 6.27. The highest BCUT2D eigenvalue weighted by Crippen LogP contribution is 2.47. The lowest BCUT2D eigenvalue weighted by Crippen LogP contribution is -2.70. The van der Waals surface area contributed by atoms with Crippen LogP contribution in [0.3, 0.4) is 0 Å². The second kappa shape index (κ2) is 11.9. The molecule has 3 atom stereocenters. The smallest absolute Gasteiger partial charge is 0.253 e. The van der Waals surface area contributed by atoms with Gasteiger partial charge in [-0.1, -0.05) is 13.3 Å². The first-order valence-corrected chi connectivity index (χ1v) is 15.2. The van der Waals surface area contributed by atoms with E-state index < -0.39 is 11.6 Å². The number of allylic oxidation sites excluding steroid dienone is 2. The molecule has 1 aromatic rings. The lowest BCUT2D eigenvalue weighted by atomic mass is 9.64. The number of nitrogens with zero attached hydrogens (tertiary/aromatic N) is 4. The van der Waals surface area contributed by atoms with Crippen molar-refractivity contribution in [2.45, 2.75) is 82.5 Å². The average molecular weight is 573 g/mol. The molecule has 3 saturated heterocycles. The van der Waals surface area contributed by atoms with E-state index in [4.69, 9.17) is 10.5 Å². The number of carbonyl (C=O) groups is 2. The van der Waals surface area contributed by atoms with Gasteiger partial charge in [0.15, 0.2) is 5.82 Å². The van der Waals surface area contributed by atoms with Gasteiger partial charge in [0.1, 0.15) is 17.8 Å². The van der Waals surface area contributed by atoms with Gasteiger partial charge < -0.3 is 25.3 Å². The van der Waals surface area contributed by atoms with Crippen molar-refractivity contribution < 1.29 is 18.7 Å². The number of likely N-dealkylation sites (N-methyl/N-ethyl adjacent to an activating group) is 1. The molecule has 11 heteroatoms. The number of halogens is 1. The number of nitrogens with one attached hydrogen (secondary N) is 1. The number of ketones is 2. The van der Waals surface area contributed by atoms with Crippen molar-refractivity contribution in [2.24, 2.45) is 11.1 Å². The van der Waals surface area contributed by atoms with Crippen LogP contribution in [-0.2, 0) is 9.53 Å². The molecule has 1 saturated carbocycles. The van der Waals surface area contributed by atoms with E-state index in [-0.39, 0.29) is 28.5 Å². The van der Waals surface area contributed by atoms with E-state index in [1.54, 1.807) is 0 Å². The summed E-state index contributed by atoms with van der Waals surface area (Å²) in [5.41, 5.74) is 6.19. The topological polar surface area (TPSA) is 125 Å².